The largest absolute Gasteiger partial charge is 0.497 e. The van der Waals surface area contributed by atoms with Crippen molar-refractivity contribution in [2.75, 3.05) is 38.0 Å². The van der Waals surface area contributed by atoms with Crippen molar-refractivity contribution in [3.63, 3.8) is 0 Å². The van der Waals surface area contributed by atoms with E-state index < -0.39 is 0 Å². The molecule has 3 aromatic rings. The van der Waals surface area contributed by atoms with E-state index in [-0.39, 0.29) is 18.5 Å². The zero-order valence-electron chi connectivity index (χ0n) is 16.5. The Kier molecular flexibility index (Phi) is 6.95. The molecular weight excluding hydrogens is 392 g/mol. The number of halogens is 1. The van der Waals surface area contributed by atoms with E-state index in [2.05, 4.69) is 15.6 Å². The molecule has 0 radical (unpaired) electrons. The molecule has 1 unspecified atom stereocenters. The lowest BCUT2D eigenvalue weighted by molar-refractivity contribution is 0.120. The molecule has 1 saturated heterocycles. The molecule has 7 nitrogen and oxygen atoms in total. The Morgan fingerprint density at radius 2 is 1.97 bits per heavy atom. The minimum Gasteiger partial charge on any atom is -0.497 e. The monoisotopic (exact) mass is 416 g/mol. The average Bonchev–Trinajstić information content (AvgIpc) is 3.26. The van der Waals surface area contributed by atoms with Crippen LogP contribution < -0.4 is 20.1 Å². The van der Waals surface area contributed by atoms with Crippen molar-refractivity contribution in [3.05, 3.63) is 42.5 Å². The van der Waals surface area contributed by atoms with Gasteiger partial charge in [0.15, 0.2) is 0 Å². The molecule has 2 aromatic carbocycles. The van der Waals surface area contributed by atoms with E-state index in [1.165, 1.54) is 0 Å². The third-order valence-corrected chi connectivity index (χ3v) is 4.78. The lowest BCUT2D eigenvalue weighted by atomic mass is 10.2. The third kappa shape index (κ3) is 4.81. The van der Waals surface area contributed by atoms with Crippen LogP contribution in [-0.2, 0) is 4.74 Å². The summed E-state index contributed by atoms with van der Waals surface area (Å²) in [4.78, 5) is 9.35. The predicted octanol–water partition coefficient (Wildman–Crippen LogP) is 4.40. The molecule has 2 N–H and O–H groups in total. The van der Waals surface area contributed by atoms with Crippen molar-refractivity contribution in [2.45, 2.75) is 18.9 Å². The minimum absolute atomic E-state index is 0. The molecule has 1 fully saturated rings. The van der Waals surface area contributed by atoms with Gasteiger partial charge in [-0.3, -0.25) is 0 Å². The quantitative estimate of drug-likeness (QED) is 0.590. The van der Waals surface area contributed by atoms with Gasteiger partial charge < -0.3 is 24.8 Å². The minimum atomic E-state index is 0. The maximum absolute atomic E-state index is 5.71. The van der Waals surface area contributed by atoms with Gasteiger partial charge in [-0.05, 0) is 37.1 Å². The van der Waals surface area contributed by atoms with Crippen molar-refractivity contribution < 1.29 is 14.2 Å². The van der Waals surface area contributed by atoms with E-state index in [4.69, 9.17) is 19.2 Å². The van der Waals surface area contributed by atoms with Gasteiger partial charge >= 0.3 is 0 Å². The predicted molar refractivity (Wildman–Crippen MR) is 117 cm³/mol. The fourth-order valence-corrected chi connectivity index (χ4v) is 3.31. The first-order valence-corrected chi connectivity index (χ1v) is 9.38. The van der Waals surface area contributed by atoms with Crippen LogP contribution in [0.3, 0.4) is 0 Å². The van der Waals surface area contributed by atoms with Crippen molar-refractivity contribution in [1.82, 2.24) is 9.97 Å². The van der Waals surface area contributed by atoms with Gasteiger partial charge in [-0.15, -0.1) is 12.4 Å². The van der Waals surface area contributed by atoms with E-state index in [0.717, 1.165) is 54.2 Å². The molecule has 0 amide bonds. The molecular formula is C21H25ClN4O3. The number of benzene rings is 2. The Morgan fingerprint density at radius 3 is 2.72 bits per heavy atom. The fourth-order valence-electron chi connectivity index (χ4n) is 3.31. The highest BCUT2D eigenvalue weighted by Gasteiger charge is 2.16. The van der Waals surface area contributed by atoms with Crippen LogP contribution in [0.4, 0.5) is 17.5 Å². The highest BCUT2D eigenvalue weighted by Crippen LogP contribution is 2.32. The van der Waals surface area contributed by atoms with Crippen LogP contribution in [0.1, 0.15) is 12.8 Å². The smallest absolute Gasteiger partial charge is 0.229 e. The summed E-state index contributed by atoms with van der Waals surface area (Å²) < 4.78 is 16.4. The standard InChI is InChI=1S/C21H24N4O3.ClH/c1-26-14-9-10-18(19(12-14)27-2)24-21-23-17-8-4-3-7-16(17)20(25-21)22-13-15-6-5-11-28-15;/h3-4,7-10,12,15H,5-6,11,13H2,1-2H3,(H2,22,23,24,25);1H. The Hall–Kier alpha value is -2.77. The Balaban J connectivity index is 0.00000240. The number of hydrogen-bond donors (Lipinski definition) is 2. The molecule has 154 valence electrons. The lowest BCUT2D eigenvalue weighted by Gasteiger charge is -2.15. The van der Waals surface area contributed by atoms with Crippen LogP contribution in [0.15, 0.2) is 42.5 Å². The Morgan fingerprint density at radius 1 is 1.10 bits per heavy atom. The molecule has 0 aliphatic carbocycles. The number of rotatable bonds is 7. The molecule has 4 rings (SSSR count). The van der Waals surface area contributed by atoms with Gasteiger partial charge in [0.25, 0.3) is 0 Å². The normalized spacial score (nSPS) is 15.6. The fraction of sp³-hybridized carbons (Fsp3) is 0.333. The number of nitrogens with zero attached hydrogens (tertiary/aromatic N) is 2. The second kappa shape index (κ2) is 9.62. The van der Waals surface area contributed by atoms with E-state index in [9.17, 15) is 0 Å². The molecule has 1 aliphatic heterocycles. The number of para-hydroxylation sites is 1. The Labute approximate surface area is 176 Å². The van der Waals surface area contributed by atoms with Crippen molar-refractivity contribution >= 4 is 40.8 Å². The number of anilines is 3. The molecule has 0 spiro atoms. The number of nitrogens with one attached hydrogen (secondary N) is 2. The van der Waals surface area contributed by atoms with Gasteiger partial charge in [0.1, 0.15) is 17.3 Å². The van der Waals surface area contributed by atoms with Crippen LogP contribution in [0, 0.1) is 0 Å². The molecule has 2 heterocycles. The van der Waals surface area contributed by atoms with E-state index in [0.29, 0.717) is 11.7 Å². The molecule has 0 saturated carbocycles. The van der Waals surface area contributed by atoms with Crippen molar-refractivity contribution in [2.24, 2.45) is 0 Å². The van der Waals surface area contributed by atoms with Crippen LogP contribution in [0.5, 0.6) is 11.5 Å². The summed E-state index contributed by atoms with van der Waals surface area (Å²) in [6.45, 7) is 1.56. The maximum atomic E-state index is 5.71. The number of ether oxygens (including phenoxy) is 3. The summed E-state index contributed by atoms with van der Waals surface area (Å²) in [7, 11) is 3.25. The second-order valence-corrected chi connectivity index (χ2v) is 6.62. The SMILES string of the molecule is COc1ccc(Nc2nc(NCC3CCCO3)c3ccccc3n2)c(OC)c1.Cl. The van der Waals surface area contributed by atoms with Gasteiger partial charge in [-0.2, -0.15) is 4.98 Å². The third-order valence-electron chi connectivity index (χ3n) is 4.78. The highest BCUT2D eigenvalue weighted by molar-refractivity contribution is 5.90. The summed E-state index contributed by atoms with van der Waals surface area (Å²) in [5, 5.41) is 7.68. The van der Waals surface area contributed by atoms with Crippen LogP contribution in [-0.4, -0.2) is 43.4 Å². The van der Waals surface area contributed by atoms with Crippen molar-refractivity contribution in [3.8, 4) is 11.5 Å². The lowest BCUT2D eigenvalue weighted by Crippen LogP contribution is -2.19. The first-order chi connectivity index (χ1) is 13.8. The van der Waals surface area contributed by atoms with Crippen LogP contribution in [0.2, 0.25) is 0 Å². The van der Waals surface area contributed by atoms with E-state index in [1.54, 1.807) is 14.2 Å². The second-order valence-electron chi connectivity index (χ2n) is 6.62. The van der Waals surface area contributed by atoms with Crippen LogP contribution in [0.25, 0.3) is 10.9 Å². The zero-order chi connectivity index (χ0) is 19.3. The van der Waals surface area contributed by atoms with Crippen LogP contribution >= 0.6 is 12.4 Å². The molecule has 8 heteroatoms. The molecule has 0 bridgehead atoms. The number of fused-ring (bicyclic) bond motifs is 1. The Bertz CT molecular complexity index is 964. The van der Waals surface area contributed by atoms with Gasteiger partial charge in [-0.1, -0.05) is 12.1 Å². The molecule has 29 heavy (non-hydrogen) atoms. The topological polar surface area (TPSA) is 77.5 Å². The van der Waals surface area contributed by atoms with Gasteiger partial charge in [0, 0.05) is 24.6 Å². The summed E-state index contributed by atoms with van der Waals surface area (Å²) >= 11 is 0. The average molecular weight is 417 g/mol. The number of aromatic nitrogens is 2. The van der Waals surface area contributed by atoms with Crippen molar-refractivity contribution in [1.29, 1.82) is 0 Å². The van der Waals surface area contributed by atoms with Gasteiger partial charge in [0.05, 0.1) is 31.5 Å². The highest BCUT2D eigenvalue weighted by atomic mass is 35.5. The summed E-state index contributed by atoms with van der Waals surface area (Å²) in [6, 6.07) is 13.5. The zero-order valence-corrected chi connectivity index (χ0v) is 17.3. The number of hydrogen-bond acceptors (Lipinski definition) is 7. The maximum Gasteiger partial charge on any atom is 0.229 e. The van der Waals surface area contributed by atoms with E-state index in [1.807, 2.05) is 42.5 Å². The molecule has 1 atom stereocenters. The molecule has 1 aliphatic rings. The summed E-state index contributed by atoms with van der Waals surface area (Å²) in [5.41, 5.74) is 1.63. The first kappa shape index (κ1) is 21.0. The summed E-state index contributed by atoms with van der Waals surface area (Å²) in [6.07, 6.45) is 2.41. The molecule has 1 aromatic heterocycles. The summed E-state index contributed by atoms with van der Waals surface area (Å²) in [5.74, 6) is 2.67. The van der Waals surface area contributed by atoms with Gasteiger partial charge in [-0.25, -0.2) is 4.98 Å². The number of methoxy groups -OCH3 is 2. The first-order valence-electron chi connectivity index (χ1n) is 9.38. The van der Waals surface area contributed by atoms with Gasteiger partial charge in [0.2, 0.25) is 5.95 Å². The van der Waals surface area contributed by atoms with E-state index >= 15 is 0 Å².